The number of rotatable bonds is 9. The molecule has 0 saturated heterocycles. The summed E-state index contributed by atoms with van der Waals surface area (Å²) in [5, 5.41) is 0. The van der Waals surface area contributed by atoms with Gasteiger partial charge >= 0.3 is 6.18 Å². The zero-order chi connectivity index (χ0) is 16.6. The monoisotopic (exact) mass is 337 g/mol. The second-order valence-corrected chi connectivity index (χ2v) is 5.69. The van der Waals surface area contributed by atoms with E-state index in [-0.39, 0.29) is 0 Å². The van der Waals surface area contributed by atoms with Gasteiger partial charge in [-0.25, -0.2) is 0 Å². The van der Waals surface area contributed by atoms with E-state index in [1.165, 1.54) is 0 Å². The molecule has 7 heteroatoms. The van der Waals surface area contributed by atoms with Gasteiger partial charge in [-0.3, -0.25) is 0 Å². The van der Waals surface area contributed by atoms with Crippen molar-refractivity contribution in [2.24, 2.45) is 0 Å². The Balaban J connectivity index is 2.44. The SMILES string of the molecule is CCN(CCCSOCC(F)(F)F)c1cc(C)ccc1OC. The van der Waals surface area contributed by atoms with Crippen LogP contribution in [0.1, 0.15) is 18.9 Å². The number of methoxy groups -OCH3 is 1. The Morgan fingerprint density at radius 3 is 2.59 bits per heavy atom. The summed E-state index contributed by atoms with van der Waals surface area (Å²) in [7, 11) is 1.63. The fourth-order valence-electron chi connectivity index (χ4n) is 1.98. The van der Waals surface area contributed by atoms with Gasteiger partial charge in [0.1, 0.15) is 5.75 Å². The Hall–Kier alpha value is -1.08. The third kappa shape index (κ3) is 6.79. The van der Waals surface area contributed by atoms with Gasteiger partial charge in [-0.15, -0.1) is 0 Å². The number of benzene rings is 1. The van der Waals surface area contributed by atoms with Crippen LogP contribution in [-0.2, 0) is 4.18 Å². The second-order valence-electron chi connectivity index (χ2n) is 4.81. The summed E-state index contributed by atoms with van der Waals surface area (Å²) in [5.74, 6) is 1.31. The molecule has 0 bridgehead atoms. The Morgan fingerprint density at radius 2 is 2.00 bits per heavy atom. The lowest BCUT2D eigenvalue weighted by Crippen LogP contribution is -2.25. The molecule has 0 unspecified atom stereocenters. The minimum Gasteiger partial charge on any atom is -0.495 e. The molecule has 126 valence electrons. The molecule has 0 N–H and O–H groups in total. The maximum atomic E-state index is 11.9. The van der Waals surface area contributed by atoms with Crippen molar-refractivity contribution in [2.45, 2.75) is 26.4 Å². The van der Waals surface area contributed by atoms with Crippen LogP contribution in [0.25, 0.3) is 0 Å². The van der Waals surface area contributed by atoms with Crippen LogP contribution in [0.2, 0.25) is 0 Å². The Morgan fingerprint density at radius 1 is 1.27 bits per heavy atom. The largest absolute Gasteiger partial charge is 0.495 e. The molecule has 0 fully saturated rings. The number of aryl methyl sites for hydroxylation is 1. The van der Waals surface area contributed by atoms with Gasteiger partial charge < -0.3 is 13.8 Å². The molecule has 0 aliphatic heterocycles. The molecule has 22 heavy (non-hydrogen) atoms. The van der Waals surface area contributed by atoms with E-state index in [2.05, 4.69) is 15.1 Å². The Kier molecular flexibility index (Phi) is 7.89. The van der Waals surface area contributed by atoms with Gasteiger partial charge in [0.15, 0.2) is 6.61 Å². The molecule has 0 spiro atoms. The number of hydrogen-bond donors (Lipinski definition) is 0. The first-order valence-corrected chi connectivity index (χ1v) is 7.99. The summed E-state index contributed by atoms with van der Waals surface area (Å²) in [4.78, 5) is 2.15. The quantitative estimate of drug-likeness (QED) is 0.490. The van der Waals surface area contributed by atoms with Crippen LogP contribution in [0.5, 0.6) is 5.75 Å². The van der Waals surface area contributed by atoms with Crippen LogP contribution in [0.15, 0.2) is 18.2 Å². The first-order valence-electron chi connectivity index (χ1n) is 7.08. The number of alkyl halides is 3. The van der Waals surface area contributed by atoms with Crippen molar-refractivity contribution in [1.29, 1.82) is 0 Å². The first kappa shape index (κ1) is 19.0. The molecule has 0 atom stereocenters. The predicted octanol–water partition coefficient (Wildman–Crippen LogP) is 4.45. The normalized spacial score (nSPS) is 11.5. The highest BCUT2D eigenvalue weighted by Crippen LogP contribution is 2.29. The number of nitrogens with zero attached hydrogens (tertiary/aromatic N) is 1. The van der Waals surface area contributed by atoms with Crippen LogP contribution in [0.3, 0.4) is 0 Å². The molecule has 0 aliphatic carbocycles. The summed E-state index contributed by atoms with van der Waals surface area (Å²) in [6, 6.07) is 5.96. The van der Waals surface area contributed by atoms with Crippen molar-refractivity contribution in [3.8, 4) is 5.75 Å². The van der Waals surface area contributed by atoms with E-state index in [0.29, 0.717) is 5.75 Å². The van der Waals surface area contributed by atoms with E-state index in [0.717, 1.165) is 48.6 Å². The standard InChI is InChI=1S/C15H22F3NO2S/c1-4-19(8-5-9-22-21-11-15(16,17)18)13-10-12(2)6-7-14(13)20-3/h6-7,10H,4-5,8-9,11H2,1-3H3. The maximum Gasteiger partial charge on any atom is 0.413 e. The molecule has 1 rings (SSSR count). The molecule has 1 aromatic carbocycles. The van der Waals surface area contributed by atoms with Gasteiger partial charge in [0.2, 0.25) is 0 Å². The summed E-state index contributed by atoms with van der Waals surface area (Å²) < 4.78 is 45.7. The van der Waals surface area contributed by atoms with E-state index in [1.807, 2.05) is 26.0 Å². The highest BCUT2D eigenvalue weighted by Gasteiger charge is 2.27. The Labute approximate surface area is 134 Å². The molecule has 0 amide bonds. The van der Waals surface area contributed by atoms with Gasteiger partial charge in [-0.1, -0.05) is 6.07 Å². The van der Waals surface area contributed by atoms with Crippen LogP contribution < -0.4 is 9.64 Å². The lowest BCUT2D eigenvalue weighted by molar-refractivity contribution is -0.150. The van der Waals surface area contributed by atoms with Crippen LogP contribution in [0, 0.1) is 6.92 Å². The van der Waals surface area contributed by atoms with Crippen LogP contribution in [0.4, 0.5) is 18.9 Å². The van der Waals surface area contributed by atoms with Crippen LogP contribution >= 0.6 is 12.0 Å². The van der Waals surface area contributed by atoms with E-state index in [4.69, 9.17) is 4.74 Å². The number of halogens is 3. The first-order chi connectivity index (χ1) is 10.4. The molecule has 0 aliphatic rings. The van der Waals surface area contributed by atoms with Gasteiger partial charge in [0, 0.05) is 18.8 Å². The van der Waals surface area contributed by atoms with Crippen molar-refractivity contribution in [3.63, 3.8) is 0 Å². The molecule has 3 nitrogen and oxygen atoms in total. The minimum absolute atomic E-state index is 0.515. The molecule has 0 saturated carbocycles. The van der Waals surface area contributed by atoms with Crippen molar-refractivity contribution < 1.29 is 22.1 Å². The molecule has 1 aromatic rings. The predicted molar refractivity (Wildman–Crippen MR) is 84.7 cm³/mol. The Bertz CT molecular complexity index is 455. The number of hydrogen-bond acceptors (Lipinski definition) is 4. The maximum absolute atomic E-state index is 11.9. The average Bonchev–Trinajstić information content (AvgIpc) is 2.45. The number of ether oxygens (including phenoxy) is 1. The molecule has 0 radical (unpaired) electrons. The van der Waals surface area contributed by atoms with Crippen molar-refractivity contribution in [3.05, 3.63) is 23.8 Å². The summed E-state index contributed by atoms with van der Waals surface area (Å²) in [6.07, 6.45) is -3.54. The highest BCUT2D eigenvalue weighted by molar-refractivity contribution is 7.94. The van der Waals surface area contributed by atoms with E-state index in [1.54, 1.807) is 7.11 Å². The molecule has 0 heterocycles. The van der Waals surface area contributed by atoms with Crippen molar-refractivity contribution >= 4 is 17.7 Å². The molecular weight excluding hydrogens is 315 g/mol. The third-order valence-corrected chi connectivity index (χ3v) is 3.76. The summed E-state index contributed by atoms with van der Waals surface area (Å²) >= 11 is 0.863. The smallest absolute Gasteiger partial charge is 0.413 e. The lowest BCUT2D eigenvalue weighted by Gasteiger charge is -2.25. The second kappa shape index (κ2) is 9.15. The fraction of sp³-hybridized carbons (Fsp3) is 0.600. The van der Waals surface area contributed by atoms with E-state index >= 15 is 0 Å². The molecular formula is C15H22F3NO2S. The van der Waals surface area contributed by atoms with Gasteiger partial charge in [0.25, 0.3) is 0 Å². The third-order valence-electron chi connectivity index (χ3n) is 3.02. The summed E-state index contributed by atoms with van der Waals surface area (Å²) in [6.45, 7) is 4.38. The van der Waals surface area contributed by atoms with Gasteiger partial charge in [0.05, 0.1) is 12.8 Å². The lowest BCUT2D eigenvalue weighted by atomic mass is 10.2. The van der Waals surface area contributed by atoms with E-state index < -0.39 is 12.8 Å². The average molecular weight is 337 g/mol. The van der Waals surface area contributed by atoms with Crippen LogP contribution in [-0.4, -0.2) is 38.7 Å². The highest BCUT2D eigenvalue weighted by atomic mass is 32.2. The van der Waals surface area contributed by atoms with Crippen molar-refractivity contribution in [1.82, 2.24) is 0 Å². The summed E-state index contributed by atoms with van der Waals surface area (Å²) in [5.41, 5.74) is 2.14. The molecule has 0 aromatic heterocycles. The van der Waals surface area contributed by atoms with Crippen molar-refractivity contribution in [2.75, 3.05) is 37.5 Å². The van der Waals surface area contributed by atoms with E-state index in [9.17, 15) is 13.2 Å². The fourth-order valence-corrected chi connectivity index (χ4v) is 2.56. The topological polar surface area (TPSA) is 21.7 Å². The minimum atomic E-state index is -4.27. The number of anilines is 1. The zero-order valence-corrected chi connectivity index (χ0v) is 13.9. The van der Waals surface area contributed by atoms with Gasteiger partial charge in [-0.05, 0) is 50.0 Å². The van der Waals surface area contributed by atoms with Gasteiger partial charge in [-0.2, -0.15) is 13.2 Å². The zero-order valence-electron chi connectivity index (χ0n) is 13.1.